The van der Waals surface area contributed by atoms with Crippen LogP contribution < -0.4 is 20.1 Å². The van der Waals surface area contributed by atoms with E-state index in [1.165, 1.54) is 14.2 Å². The first-order valence-corrected chi connectivity index (χ1v) is 8.93. The minimum Gasteiger partial charge on any atom is -0.493 e. The van der Waals surface area contributed by atoms with Crippen molar-refractivity contribution in [1.29, 1.82) is 0 Å². The predicted molar refractivity (Wildman–Crippen MR) is 104 cm³/mol. The Hall–Kier alpha value is -2.54. The molecule has 2 rings (SSSR count). The molecule has 2 amide bonds. The van der Waals surface area contributed by atoms with Gasteiger partial charge >= 0.3 is 0 Å². The van der Waals surface area contributed by atoms with Gasteiger partial charge in [-0.1, -0.05) is 19.1 Å². The lowest BCUT2D eigenvalue weighted by molar-refractivity contribution is 0.0964. The number of methoxy groups -OCH3 is 1. The Balaban J connectivity index is 2.31. The van der Waals surface area contributed by atoms with E-state index in [4.69, 9.17) is 9.47 Å². The van der Waals surface area contributed by atoms with Gasteiger partial charge in [-0.15, -0.1) is 0 Å². The molecule has 2 N–H and O–H groups in total. The van der Waals surface area contributed by atoms with Crippen LogP contribution in [0.4, 0.5) is 5.69 Å². The Bertz CT molecular complexity index is 808. The minimum atomic E-state index is -0.359. The van der Waals surface area contributed by atoms with E-state index >= 15 is 0 Å². The van der Waals surface area contributed by atoms with Gasteiger partial charge in [-0.05, 0) is 46.6 Å². The lowest BCUT2D eigenvalue weighted by atomic mass is 10.1. The summed E-state index contributed by atoms with van der Waals surface area (Å²) >= 11 is 3.42. The van der Waals surface area contributed by atoms with Crippen LogP contribution in [0, 0.1) is 0 Å². The molecule has 0 saturated carbocycles. The molecule has 0 unspecified atom stereocenters. The Morgan fingerprint density at radius 1 is 1.15 bits per heavy atom. The smallest absolute Gasteiger partial charge is 0.255 e. The number of carbonyl (C=O) groups excluding carboxylic acids is 2. The fourth-order valence-corrected chi connectivity index (χ4v) is 2.87. The van der Waals surface area contributed by atoms with Crippen LogP contribution in [-0.2, 0) is 0 Å². The van der Waals surface area contributed by atoms with Gasteiger partial charge in [-0.3, -0.25) is 9.59 Å². The average molecular weight is 421 g/mol. The number of nitrogens with one attached hydrogen (secondary N) is 2. The van der Waals surface area contributed by atoms with Crippen molar-refractivity contribution >= 4 is 33.4 Å². The summed E-state index contributed by atoms with van der Waals surface area (Å²) in [5, 5.41) is 5.32. The summed E-state index contributed by atoms with van der Waals surface area (Å²) in [7, 11) is 3.06. The van der Waals surface area contributed by atoms with Crippen molar-refractivity contribution in [2.24, 2.45) is 0 Å². The van der Waals surface area contributed by atoms with E-state index in [1.807, 2.05) is 6.92 Å². The number of halogens is 1. The molecule has 0 heterocycles. The van der Waals surface area contributed by atoms with E-state index in [0.29, 0.717) is 39.4 Å². The van der Waals surface area contributed by atoms with Gasteiger partial charge in [-0.25, -0.2) is 0 Å². The number of para-hydroxylation sites is 1. The van der Waals surface area contributed by atoms with E-state index in [2.05, 4.69) is 26.6 Å². The number of ether oxygens (including phenoxy) is 2. The summed E-state index contributed by atoms with van der Waals surface area (Å²) in [4.78, 5) is 24.6. The maximum atomic E-state index is 12.7. The van der Waals surface area contributed by atoms with Crippen molar-refractivity contribution in [3.63, 3.8) is 0 Å². The fraction of sp³-hybridized carbons (Fsp3) is 0.263. The maximum absolute atomic E-state index is 12.7. The van der Waals surface area contributed by atoms with Crippen LogP contribution in [-0.4, -0.2) is 32.6 Å². The molecule has 0 fully saturated rings. The van der Waals surface area contributed by atoms with Crippen molar-refractivity contribution in [2.45, 2.75) is 13.3 Å². The molecule has 2 aromatic rings. The number of hydrogen-bond donors (Lipinski definition) is 2. The summed E-state index contributed by atoms with van der Waals surface area (Å²) < 4.78 is 11.6. The standard InChI is InChI=1S/C19H21BrN2O4/c1-4-9-26-17-14(20)10-12(11-16(17)25-3)18(23)22-15-8-6-5-7-13(15)19(24)21-2/h5-8,10-11H,4,9H2,1-3H3,(H,21,24)(H,22,23). The maximum Gasteiger partial charge on any atom is 0.255 e. The van der Waals surface area contributed by atoms with Crippen LogP contribution in [0.1, 0.15) is 34.1 Å². The monoisotopic (exact) mass is 420 g/mol. The van der Waals surface area contributed by atoms with Crippen molar-refractivity contribution < 1.29 is 19.1 Å². The van der Waals surface area contributed by atoms with Crippen LogP contribution in [0.3, 0.4) is 0 Å². The topological polar surface area (TPSA) is 76.7 Å². The molecule has 0 aliphatic carbocycles. The van der Waals surface area contributed by atoms with Crippen molar-refractivity contribution in [1.82, 2.24) is 5.32 Å². The Labute approximate surface area is 161 Å². The zero-order valence-corrected chi connectivity index (χ0v) is 16.5. The Morgan fingerprint density at radius 3 is 2.54 bits per heavy atom. The van der Waals surface area contributed by atoms with Gasteiger partial charge in [0.1, 0.15) is 0 Å². The van der Waals surface area contributed by atoms with E-state index < -0.39 is 0 Å². The first-order chi connectivity index (χ1) is 12.5. The van der Waals surface area contributed by atoms with Crippen molar-refractivity contribution in [3.8, 4) is 11.5 Å². The van der Waals surface area contributed by atoms with Crippen LogP contribution >= 0.6 is 15.9 Å². The van der Waals surface area contributed by atoms with Crippen LogP contribution in [0.2, 0.25) is 0 Å². The summed E-state index contributed by atoms with van der Waals surface area (Å²) in [5.74, 6) is 0.375. The summed E-state index contributed by atoms with van der Waals surface area (Å²) in [6.45, 7) is 2.55. The summed E-state index contributed by atoms with van der Waals surface area (Å²) in [6.07, 6.45) is 0.855. The van der Waals surface area contributed by atoms with Gasteiger partial charge < -0.3 is 20.1 Å². The second-order valence-electron chi connectivity index (χ2n) is 5.42. The predicted octanol–water partition coefficient (Wildman–Crippen LogP) is 3.86. The number of anilines is 1. The second-order valence-corrected chi connectivity index (χ2v) is 6.27. The molecule has 7 heteroatoms. The second kappa shape index (κ2) is 9.24. The molecule has 2 aromatic carbocycles. The van der Waals surface area contributed by atoms with Crippen molar-refractivity contribution in [2.75, 3.05) is 26.1 Å². The molecular weight excluding hydrogens is 400 g/mol. The van der Waals surface area contributed by atoms with Gasteiger partial charge in [0.15, 0.2) is 11.5 Å². The zero-order valence-electron chi connectivity index (χ0n) is 14.9. The molecule has 0 radical (unpaired) electrons. The van der Waals surface area contributed by atoms with E-state index in [0.717, 1.165) is 6.42 Å². The fourth-order valence-electron chi connectivity index (χ4n) is 2.31. The van der Waals surface area contributed by atoms with Gasteiger partial charge in [-0.2, -0.15) is 0 Å². The number of amides is 2. The summed E-state index contributed by atoms with van der Waals surface area (Å²) in [6, 6.07) is 10.1. The number of carbonyl (C=O) groups is 2. The third-order valence-electron chi connectivity index (χ3n) is 3.59. The van der Waals surface area contributed by atoms with Crippen LogP contribution in [0.15, 0.2) is 40.9 Å². The highest BCUT2D eigenvalue weighted by atomic mass is 79.9. The molecule has 0 aliphatic rings. The zero-order chi connectivity index (χ0) is 19.1. The molecule has 0 spiro atoms. The van der Waals surface area contributed by atoms with E-state index in [-0.39, 0.29) is 11.8 Å². The highest BCUT2D eigenvalue weighted by Crippen LogP contribution is 2.37. The van der Waals surface area contributed by atoms with Crippen molar-refractivity contribution in [3.05, 3.63) is 52.0 Å². The van der Waals surface area contributed by atoms with E-state index in [1.54, 1.807) is 36.4 Å². The van der Waals surface area contributed by atoms with E-state index in [9.17, 15) is 9.59 Å². The molecule has 138 valence electrons. The van der Waals surface area contributed by atoms with Crippen LogP contribution in [0.25, 0.3) is 0 Å². The SMILES string of the molecule is CCCOc1c(Br)cc(C(=O)Nc2ccccc2C(=O)NC)cc1OC. The van der Waals surface area contributed by atoms with Gasteiger partial charge in [0.25, 0.3) is 11.8 Å². The number of hydrogen-bond acceptors (Lipinski definition) is 4. The highest BCUT2D eigenvalue weighted by Gasteiger charge is 2.17. The minimum absolute atomic E-state index is 0.275. The average Bonchev–Trinajstić information content (AvgIpc) is 2.66. The lowest BCUT2D eigenvalue weighted by Crippen LogP contribution is -2.21. The van der Waals surface area contributed by atoms with Crippen LogP contribution in [0.5, 0.6) is 11.5 Å². The number of benzene rings is 2. The molecule has 6 nitrogen and oxygen atoms in total. The molecule has 26 heavy (non-hydrogen) atoms. The first kappa shape index (κ1) is 19.8. The number of rotatable bonds is 7. The highest BCUT2D eigenvalue weighted by molar-refractivity contribution is 9.10. The Kier molecular flexibility index (Phi) is 7.03. The third-order valence-corrected chi connectivity index (χ3v) is 4.18. The Morgan fingerprint density at radius 2 is 1.88 bits per heavy atom. The molecule has 0 bridgehead atoms. The van der Waals surface area contributed by atoms with Gasteiger partial charge in [0.05, 0.1) is 29.4 Å². The molecule has 0 aromatic heterocycles. The molecule has 0 saturated heterocycles. The van der Waals surface area contributed by atoms with Gasteiger partial charge in [0, 0.05) is 12.6 Å². The normalized spacial score (nSPS) is 10.2. The molecule has 0 aliphatic heterocycles. The first-order valence-electron chi connectivity index (χ1n) is 8.14. The molecule has 0 atom stereocenters. The molecular formula is C19H21BrN2O4. The third kappa shape index (κ3) is 4.54. The largest absolute Gasteiger partial charge is 0.493 e. The quantitative estimate of drug-likeness (QED) is 0.712. The summed E-state index contributed by atoms with van der Waals surface area (Å²) in [5.41, 5.74) is 1.19. The van der Waals surface area contributed by atoms with Gasteiger partial charge in [0.2, 0.25) is 0 Å². The lowest BCUT2D eigenvalue weighted by Gasteiger charge is -2.15.